The minimum absolute atomic E-state index is 0.0268. The molecule has 0 bridgehead atoms. The molecule has 2 aromatic heterocycles. The van der Waals surface area contributed by atoms with Crippen molar-refractivity contribution in [3.63, 3.8) is 0 Å². The van der Waals surface area contributed by atoms with Crippen LogP contribution in [0, 0.1) is 5.82 Å². The van der Waals surface area contributed by atoms with Gasteiger partial charge in [0, 0.05) is 12.6 Å². The Kier molecular flexibility index (Phi) is 4.49. The Labute approximate surface area is 148 Å². The highest BCUT2D eigenvalue weighted by Gasteiger charge is 2.30. The summed E-state index contributed by atoms with van der Waals surface area (Å²) in [5, 5.41) is 10.3. The molecule has 0 aliphatic heterocycles. The molecule has 7 nitrogen and oxygen atoms in total. The van der Waals surface area contributed by atoms with Gasteiger partial charge in [0.25, 0.3) is 5.89 Å². The lowest BCUT2D eigenvalue weighted by Crippen LogP contribution is -2.34. The molecule has 0 saturated heterocycles. The number of carbonyl (C=O) groups excluding carboxylic acids is 1. The van der Waals surface area contributed by atoms with Crippen LogP contribution in [-0.2, 0) is 11.3 Å². The van der Waals surface area contributed by atoms with Crippen LogP contribution in [-0.4, -0.2) is 33.6 Å². The predicted molar refractivity (Wildman–Crippen MR) is 90.5 cm³/mol. The number of furan rings is 1. The molecule has 2 heterocycles. The predicted octanol–water partition coefficient (Wildman–Crippen LogP) is 3.07. The number of rotatable bonds is 7. The highest BCUT2D eigenvalue weighted by atomic mass is 19.1. The van der Waals surface area contributed by atoms with Crippen LogP contribution in [0.4, 0.5) is 10.4 Å². The zero-order valence-corrected chi connectivity index (χ0v) is 13.9. The van der Waals surface area contributed by atoms with E-state index in [1.165, 1.54) is 18.4 Å². The molecule has 1 saturated carbocycles. The lowest BCUT2D eigenvalue weighted by atomic mass is 10.2. The Bertz CT molecular complexity index is 872. The first kappa shape index (κ1) is 16.5. The minimum atomic E-state index is -0.270. The van der Waals surface area contributed by atoms with Crippen molar-refractivity contribution in [2.45, 2.75) is 25.4 Å². The molecule has 134 valence electrons. The smallest absolute Gasteiger partial charge is 0.322 e. The number of nitrogens with one attached hydrogen (secondary N) is 1. The number of halogens is 1. The van der Waals surface area contributed by atoms with E-state index in [0.29, 0.717) is 18.3 Å². The monoisotopic (exact) mass is 356 g/mol. The zero-order chi connectivity index (χ0) is 17.9. The normalized spacial score (nSPS) is 13.9. The van der Waals surface area contributed by atoms with Crippen LogP contribution >= 0.6 is 0 Å². The Morgan fingerprint density at radius 2 is 2.04 bits per heavy atom. The van der Waals surface area contributed by atoms with Crippen molar-refractivity contribution in [3.8, 4) is 11.7 Å². The summed E-state index contributed by atoms with van der Waals surface area (Å²) < 4.78 is 23.6. The molecule has 1 aliphatic rings. The number of nitrogens with zero attached hydrogens (tertiary/aromatic N) is 3. The summed E-state index contributed by atoms with van der Waals surface area (Å²) >= 11 is 0. The Hall–Kier alpha value is -3.00. The van der Waals surface area contributed by atoms with Crippen LogP contribution in [0.15, 0.2) is 51.5 Å². The number of hydrogen-bond donors (Lipinski definition) is 1. The van der Waals surface area contributed by atoms with Gasteiger partial charge in [-0.1, -0.05) is 17.2 Å². The van der Waals surface area contributed by atoms with Gasteiger partial charge in [-0.2, -0.15) is 0 Å². The second-order valence-electron chi connectivity index (χ2n) is 6.20. The van der Waals surface area contributed by atoms with E-state index < -0.39 is 0 Å². The van der Waals surface area contributed by atoms with Gasteiger partial charge in [-0.25, -0.2) is 4.39 Å². The van der Waals surface area contributed by atoms with Crippen molar-refractivity contribution >= 4 is 11.9 Å². The van der Waals surface area contributed by atoms with Gasteiger partial charge in [0.05, 0.1) is 12.8 Å². The van der Waals surface area contributed by atoms with Gasteiger partial charge in [0.2, 0.25) is 5.91 Å². The van der Waals surface area contributed by atoms with Crippen LogP contribution in [0.3, 0.4) is 0 Å². The Morgan fingerprint density at radius 1 is 1.23 bits per heavy atom. The molecule has 1 N–H and O–H groups in total. The molecule has 1 amide bonds. The summed E-state index contributed by atoms with van der Waals surface area (Å²) in [6.45, 7) is 0.778. The molecule has 1 fully saturated rings. The number of carbonyl (C=O) groups is 1. The van der Waals surface area contributed by atoms with Crippen molar-refractivity contribution in [2.75, 3.05) is 11.9 Å². The lowest BCUT2D eigenvalue weighted by Gasteiger charge is -2.21. The third-order valence-electron chi connectivity index (χ3n) is 4.11. The van der Waals surface area contributed by atoms with E-state index in [0.717, 1.165) is 18.4 Å². The highest BCUT2D eigenvalue weighted by Crippen LogP contribution is 2.28. The number of benzene rings is 1. The molecular weight excluding hydrogens is 339 g/mol. The molecule has 8 heteroatoms. The molecule has 0 radical (unpaired) electrons. The number of hydrogen-bond acceptors (Lipinski definition) is 6. The molecule has 4 rings (SSSR count). The van der Waals surface area contributed by atoms with Gasteiger partial charge in [0.1, 0.15) is 5.82 Å². The van der Waals surface area contributed by atoms with Crippen molar-refractivity contribution in [1.29, 1.82) is 0 Å². The van der Waals surface area contributed by atoms with Crippen molar-refractivity contribution < 1.29 is 18.0 Å². The minimum Gasteiger partial charge on any atom is -0.459 e. The quantitative estimate of drug-likeness (QED) is 0.700. The maximum atomic E-state index is 13.0. The second kappa shape index (κ2) is 7.09. The molecule has 3 aromatic rings. The maximum absolute atomic E-state index is 13.0. The molecule has 1 aliphatic carbocycles. The highest BCUT2D eigenvalue weighted by molar-refractivity contribution is 5.90. The first-order chi connectivity index (χ1) is 12.7. The maximum Gasteiger partial charge on any atom is 0.322 e. The number of anilines is 1. The zero-order valence-electron chi connectivity index (χ0n) is 13.9. The van der Waals surface area contributed by atoms with E-state index >= 15 is 0 Å². The standard InChI is InChI=1S/C18H17FN4O3/c19-13-5-3-12(4-6-13)10-23(14-7-8-14)11-16(24)20-18-22-21-17(26-18)15-2-1-9-25-15/h1-6,9,14H,7-8,10-11H2,(H,20,22,24). The van der Waals surface area contributed by atoms with Gasteiger partial charge in [-0.05, 0) is 42.7 Å². The van der Waals surface area contributed by atoms with E-state index in [9.17, 15) is 9.18 Å². The molecule has 0 spiro atoms. The largest absolute Gasteiger partial charge is 0.459 e. The van der Waals surface area contributed by atoms with E-state index in [4.69, 9.17) is 8.83 Å². The van der Waals surface area contributed by atoms with Crippen molar-refractivity contribution in [3.05, 3.63) is 54.0 Å². The summed E-state index contributed by atoms with van der Waals surface area (Å²) in [4.78, 5) is 14.4. The van der Waals surface area contributed by atoms with Crippen LogP contribution in [0.2, 0.25) is 0 Å². The van der Waals surface area contributed by atoms with Gasteiger partial charge < -0.3 is 8.83 Å². The molecular formula is C18H17FN4O3. The summed E-state index contributed by atoms with van der Waals surface area (Å²) in [7, 11) is 0. The van der Waals surface area contributed by atoms with Crippen LogP contribution < -0.4 is 5.32 Å². The van der Waals surface area contributed by atoms with E-state index in [1.54, 1.807) is 24.3 Å². The van der Waals surface area contributed by atoms with Gasteiger partial charge in [-0.15, -0.1) is 5.10 Å². The first-order valence-electron chi connectivity index (χ1n) is 8.33. The summed E-state index contributed by atoms with van der Waals surface area (Å²) in [5.41, 5.74) is 0.962. The van der Waals surface area contributed by atoms with Crippen molar-refractivity contribution in [2.24, 2.45) is 0 Å². The second-order valence-corrected chi connectivity index (χ2v) is 6.20. The fourth-order valence-electron chi connectivity index (χ4n) is 2.69. The SMILES string of the molecule is O=C(CN(Cc1ccc(F)cc1)C1CC1)Nc1nnc(-c2ccco2)o1. The summed E-state index contributed by atoms with van der Waals surface area (Å²) in [6, 6.07) is 10.1. The van der Waals surface area contributed by atoms with E-state index in [-0.39, 0.29) is 30.2 Å². The fraction of sp³-hybridized carbons (Fsp3) is 0.278. The van der Waals surface area contributed by atoms with E-state index in [2.05, 4.69) is 20.4 Å². The first-order valence-corrected chi connectivity index (χ1v) is 8.33. The lowest BCUT2D eigenvalue weighted by molar-refractivity contribution is -0.117. The van der Waals surface area contributed by atoms with Crippen molar-refractivity contribution in [1.82, 2.24) is 15.1 Å². The molecule has 1 aromatic carbocycles. The van der Waals surface area contributed by atoms with Gasteiger partial charge >= 0.3 is 6.01 Å². The Balaban J connectivity index is 1.37. The van der Waals surface area contributed by atoms with Gasteiger partial charge in [0.15, 0.2) is 5.76 Å². The summed E-state index contributed by atoms with van der Waals surface area (Å²) in [5.74, 6) is 0.131. The summed E-state index contributed by atoms with van der Waals surface area (Å²) in [6.07, 6.45) is 3.61. The molecule has 0 atom stereocenters. The topological polar surface area (TPSA) is 84.4 Å². The third kappa shape index (κ3) is 3.97. The van der Waals surface area contributed by atoms with Crippen LogP contribution in [0.1, 0.15) is 18.4 Å². The van der Waals surface area contributed by atoms with Crippen LogP contribution in [0.5, 0.6) is 0 Å². The van der Waals surface area contributed by atoms with Crippen LogP contribution in [0.25, 0.3) is 11.7 Å². The average Bonchev–Trinajstić information content (AvgIpc) is 3.13. The Morgan fingerprint density at radius 3 is 2.73 bits per heavy atom. The average molecular weight is 356 g/mol. The number of amides is 1. The van der Waals surface area contributed by atoms with E-state index in [1.807, 2.05) is 0 Å². The number of aromatic nitrogens is 2. The fourth-order valence-corrected chi connectivity index (χ4v) is 2.69. The third-order valence-corrected chi connectivity index (χ3v) is 4.11. The van der Waals surface area contributed by atoms with Gasteiger partial charge in [-0.3, -0.25) is 15.0 Å². The molecule has 0 unspecified atom stereocenters. The molecule has 26 heavy (non-hydrogen) atoms.